The summed E-state index contributed by atoms with van der Waals surface area (Å²) in [5.74, 6) is -6.63. The second-order valence-electron chi connectivity index (χ2n) is 12.0. The van der Waals surface area contributed by atoms with Gasteiger partial charge in [-0.05, 0) is 80.6 Å². The number of Topliss-reactive ketones (excluding diaryl/α,β-unsaturated/α-hetero) is 2. The standard InChI is InChI=1S/C33H39N3O7/c1-5-13-36(14-6-2)19-9-7-17(8-10-19)20-11-12-23(37)25-21(20)15-18-16-22-27(35(3)4)29(39)26(32(34)42)31(41)33(22,43)30(40)24(18)28(25)38/h7-12,18,22,27,37-38,41,43H,5-6,13-16H2,1-4H3,(H2,34,42)/t18?,22?,27-,33-/m0/s1. The lowest BCUT2D eigenvalue weighted by Gasteiger charge is -2.50. The molecule has 3 aliphatic carbocycles. The van der Waals surface area contributed by atoms with Gasteiger partial charge in [-0.1, -0.05) is 32.0 Å². The van der Waals surface area contributed by atoms with Gasteiger partial charge in [0.05, 0.1) is 11.6 Å². The molecule has 0 spiro atoms. The van der Waals surface area contributed by atoms with Gasteiger partial charge >= 0.3 is 0 Å². The third-order valence-corrected chi connectivity index (χ3v) is 9.13. The van der Waals surface area contributed by atoms with Gasteiger partial charge in [0.2, 0.25) is 5.78 Å². The van der Waals surface area contributed by atoms with Crippen LogP contribution in [0.15, 0.2) is 53.3 Å². The lowest BCUT2D eigenvalue weighted by Crippen LogP contribution is -2.65. The third kappa shape index (κ3) is 4.60. The molecule has 0 radical (unpaired) electrons. The van der Waals surface area contributed by atoms with Gasteiger partial charge in [0.15, 0.2) is 11.4 Å². The van der Waals surface area contributed by atoms with Gasteiger partial charge in [-0.2, -0.15) is 0 Å². The summed E-state index contributed by atoms with van der Waals surface area (Å²) in [5, 5.41) is 45.2. The van der Waals surface area contributed by atoms with Crippen LogP contribution >= 0.6 is 0 Å². The van der Waals surface area contributed by atoms with Gasteiger partial charge in [0.25, 0.3) is 5.91 Å². The zero-order valence-corrected chi connectivity index (χ0v) is 24.9. The highest BCUT2D eigenvalue weighted by Crippen LogP contribution is 2.53. The Balaban J connectivity index is 1.63. The summed E-state index contributed by atoms with van der Waals surface area (Å²) in [4.78, 5) is 43.3. The number of phenolic OH excluding ortho intramolecular Hbond substituents is 1. The molecule has 0 heterocycles. The molecule has 5 rings (SSSR count). The summed E-state index contributed by atoms with van der Waals surface area (Å²) in [6.07, 6.45) is 2.32. The fraction of sp³-hybridized carbons (Fsp3) is 0.424. The van der Waals surface area contributed by atoms with Crippen molar-refractivity contribution < 1.29 is 34.8 Å². The second-order valence-corrected chi connectivity index (χ2v) is 12.0. The number of primary amides is 1. The Kier molecular flexibility index (Phi) is 7.87. The molecule has 228 valence electrons. The molecule has 0 bridgehead atoms. The quantitative estimate of drug-likeness (QED) is 0.291. The number of nitrogens with two attached hydrogens (primary N) is 1. The van der Waals surface area contributed by atoms with Crippen LogP contribution in [0, 0.1) is 11.8 Å². The van der Waals surface area contributed by atoms with Crippen molar-refractivity contribution in [2.75, 3.05) is 32.1 Å². The monoisotopic (exact) mass is 589 g/mol. The first kappa shape index (κ1) is 30.3. The van der Waals surface area contributed by atoms with Crippen molar-refractivity contribution >= 4 is 28.9 Å². The normalized spacial score (nSPS) is 25.0. The van der Waals surface area contributed by atoms with Crippen LogP contribution in [0.2, 0.25) is 0 Å². The number of hydrogen-bond donors (Lipinski definition) is 5. The molecule has 10 nitrogen and oxygen atoms in total. The molecule has 2 aromatic carbocycles. The molecule has 2 unspecified atom stereocenters. The van der Waals surface area contributed by atoms with E-state index in [1.807, 2.05) is 12.1 Å². The Labute approximate surface area is 250 Å². The average molecular weight is 590 g/mol. The summed E-state index contributed by atoms with van der Waals surface area (Å²) in [5.41, 5.74) is 5.21. The maximum atomic E-state index is 14.0. The van der Waals surface area contributed by atoms with Crippen LogP contribution in [0.1, 0.15) is 44.2 Å². The molecule has 0 aromatic heterocycles. The first-order chi connectivity index (χ1) is 20.4. The Morgan fingerprint density at radius 2 is 1.63 bits per heavy atom. The molecular weight excluding hydrogens is 550 g/mol. The minimum absolute atomic E-state index is 0.0444. The highest BCUT2D eigenvalue weighted by atomic mass is 16.3. The van der Waals surface area contributed by atoms with Gasteiger partial charge in [-0.25, -0.2) is 0 Å². The van der Waals surface area contributed by atoms with E-state index in [1.165, 1.54) is 11.0 Å². The van der Waals surface area contributed by atoms with Crippen LogP contribution < -0.4 is 10.6 Å². The highest BCUT2D eigenvalue weighted by molar-refractivity contribution is 6.24. The molecular formula is C33H39N3O7. The van der Waals surface area contributed by atoms with Crippen molar-refractivity contribution in [3.63, 3.8) is 0 Å². The minimum Gasteiger partial charge on any atom is -0.508 e. The van der Waals surface area contributed by atoms with Gasteiger partial charge in [0, 0.05) is 30.3 Å². The summed E-state index contributed by atoms with van der Waals surface area (Å²) >= 11 is 0. The molecule has 2 aromatic rings. The largest absolute Gasteiger partial charge is 0.508 e. The number of aliphatic hydroxyl groups excluding tert-OH is 2. The molecule has 1 fully saturated rings. The number of benzene rings is 2. The summed E-state index contributed by atoms with van der Waals surface area (Å²) in [7, 11) is 3.16. The first-order valence-electron chi connectivity index (χ1n) is 14.7. The number of amides is 1. The lowest BCUT2D eigenvalue weighted by atomic mass is 9.57. The van der Waals surface area contributed by atoms with E-state index in [2.05, 4.69) is 30.9 Å². The summed E-state index contributed by atoms with van der Waals surface area (Å²) < 4.78 is 0. The van der Waals surface area contributed by atoms with E-state index in [0.717, 1.165) is 42.7 Å². The molecule has 1 amide bonds. The predicted octanol–water partition coefficient (Wildman–Crippen LogP) is 3.26. The fourth-order valence-corrected chi connectivity index (χ4v) is 7.28. The molecule has 3 aliphatic rings. The maximum Gasteiger partial charge on any atom is 0.255 e. The SMILES string of the molecule is CCCN(CCC)c1ccc(-c2ccc(O)c3c2CC2CC4[C@H](N(C)C)C(=O)C(C(N)=O)=C(O)[C@@]4(O)C(=O)C2=C3O)cc1. The van der Waals surface area contributed by atoms with Crippen LogP contribution in [0.4, 0.5) is 5.69 Å². The second kappa shape index (κ2) is 11.2. The Morgan fingerprint density at radius 3 is 2.19 bits per heavy atom. The predicted molar refractivity (Wildman–Crippen MR) is 162 cm³/mol. The first-order valence-corrected chi connectivity index (χ1v) is 14.7. The van der Waals surface area contributed by atoms with Crippen molar-refractivity contribution in [2.45, 2.75) is 51.2 Å². The molecule has 0 aliphatic heterocycles. The number of ketones is 2. The van der Waals surface area contributed by atoms with E-state index >= 15 is 0 Å². The van der Waals surface area contributed by atoms with Crippen molar-refractivity contribution in [3.8, 4) is 16.9 Å². The van der Waals surface area contributed by atoms with Crippen LogP contribution in [0.5, 0.6) is 5.75 Å². The maximum absolute atomic E-state index is 14.0. The van der Waals surface area contributed by atoms with E-state index in [9.17, 15) is 34.8 Å². The van der Waals surface area contributed by atoms with Crippen molar-refractivity contribution in [3.05, 3.63) is 64.4 Å². The van der Waals surface area contributed by atoms with Gasteiger partial charge in [-0.15, -0.1) is 0 Å². The molecule has 43 heavy (non-hydrogen) atoms. The smallest absolute Gasteiger partial charge is 0.255 e. The van der Waals surface area contributed by atoms with Crippen molar-refractivity contribution in [1.82, 2.24) is 4.90 Å². The zero-order valence-electron chi connectivity index (χ0n) is 24.9. The lowest BCUT2D eigenvalue weighted by molar-refractivity contribution is -0.153. The number of anilines is 1. The van der Waals surface area contributed by atoms with E-state index in [-0.39, 0.29) is 29.7 Å². The zero-order chi connectivity index (χ0) is 31.4. The van der Waals surface area contributed by atoms with E-state index < -0.39 is 58.0 Å². The number of fused-ring (bicyclic) bond motifs is 3. The minimum atomic E-state index is -2.66. The molecule has 0 saturated heterocycles. The Hall–Kier alpha value is -4.15. The van der Waals surface area contributed by atoms with Crippen LogP contribution in [-0.2, 0) is 20.8 Å². The van der Waals surface area contributed by atoms with Crippen LogP contribution in [0.25, 0.3) is 16.9 Å². The molecule has 10 heteroatoms. The number of likely N-dealkylation sites (N-methyl/N-ethyl adjacent to an activating group) is 1. The number of rotatable bonds is 8. The average Bonchev–Trinajstić information content (AvgIpc) is 2.95. The van der Waals surface area contributed by atoms with Crippen molar-refractivity contribution in [1.29, 1.82) is 0 Å². The Bertz CT molecular complexity index is 1550. The molecule has 1 saturated carbocycles. The highest BCUT2D eigenvalue weighted by Gasteiger charge is 2.64. The van der Waals surface area contributed by atoms with Gasteiger partial charge in [0.1, 0.15) is 22.8 Å². The summed E-state index contributed by atoms with van der Waals surface area (Å²) in [6, 6.07) is 10.2. The number of phenols is 1. The number of carbonyl (C=O) groups excluding carboxylic acids is 3. The molecule has 6 N–H and O–H groups in total. The van der Waals surface area contributed by atoms with Gasteiger partial charge < -0.3 is 31.1 Å². The van der Waals surface area contributed by atoms with Crippen LogP contribution in [-0.4, -0.2) is 81.6 Å². The number of carbonyl (C=O) groups is 3. The van der Waals surface area contributed by atoms with E-state index in [0.29, 0.717) is 5.56 Å². The topological polar surface area (TPSA) is 165 Å². The fourth-order valence-electron chi connectivity index (χ4n) is 7.28. The van der Waals surface area contributed by atoms with Crippen LogP contribution in [0.3, 0.4) is 0 Å². The Morgan fingerprint density at radius 1 is 1.00 bits per heavy atom. The third-order valence-electron chi connectivity index (χ3n) is 9.13. The van der Waals surface area contributed by atoms with E-state index in [1.54, 1.807) is 20.2 Å². The summed E-state index contributed by atoms with van der Waals surface area (Å²) in [6.45, 7) is 6.16. The number of aliphatic hydroxyl groups is 3. The molecule has 4 atom stereocenters. The van der Waals surface area contributed by atoms with Crippen molar-refractivity contribution in [2.24, 2.45) is 17.6 Å². The van der Waals surface area contributed by atoms with E-state index in [4.69, 9.17) is 5.73 Å². The van der Waals surface area contributed by atoms with Gasteiger partial charge in [-0.3, -0.25) is 19.3 Å². The number of nitrogens with zero attached hydrogens (tertiary/aromatic N) is 2. The number of hydrogen-bond acceptors (Lipinski definition) is 9. The number of aromatic hydroxyl groups is 1.